The zero-order chi connectivity index (χ0) is 12.3. The van der Waals surface area contributed by atoms with Crippen LogP contribution in [0, 0.1) is 6.92 Å². The number of pyridine rings is 1. The highest BCUT2D eigenvalue weighted by Crippen LogP contribution is 2.11. The summed E-state index contributed by atoms with van der Waals surface area (Å²) in [5, 5.41) is 0. The van der Waals surface area contributed by atoms with Crippen molar-refractivity contribution in [1.29, 1.82) is 0 Å². The number of rotatable bonds is 3. The van der Waals surface area contributed by atoms with Crippen LogP contribution < -0.4 is 5.73 Å². The number of aryl methyl sites for hydroxylation is 1. The number of ether oxygens (including phenoxy) is 1. The summed E-state index contributed by atoms with van der Waals surface area (Å²) in [6.45, 7) is 7.58. The van der Waals surface area contributed by atoms with E-state index < -0.39 is 0 Å². The summed E-state index contributed by atoms with van der Waals surface area (Å²) >= 11 is 0. The van der Waals surface area contributed by atoms with Gasteiger partial charge in [0.1, 0.15) is 0 Å². The predicted molar refractivity (Wildman–Crippen MR) is 67.6 cm³/mol. The van der Waals surface area contributed by atoms with Gasteiger partial charge in [-0.05, 0) is 25.5 Å². The fourth-order valence-corrected chi connectivity index (χ4v) is 2.04. The molecule has 1 aromatic heterocycles. The fraction of sp³-hybridized carbons (Fsp3) is 0.615. The van der Waals surface area contributed by atoms with Gasteiger partial charge < -0.3 is 10.5 Å². The summed E-state index contributed by atoms with van der Waals surface area (Å²) in [6.07, 6.45) is 2.10. The molecule has 2 unspecified atom stereocenters. The Morgan fingerprint density at radius 3 is 3.06 bits per heavy atom. The summed E-state index contributed by atoms with van der Waals surface area (Å²) in [5.41, 5.74) is 8.19. The Hall–Kier alpha value is -0.970. The molecule has 0 spiro atoms. The molecule has 17 heavy (non-hydrogen) atoms. The van der Waals surface area contributed by atoms with Crippen LogP contribution in [0.25, 0.3) is 0 Å². The monoisotopic (exact) mass is 235 g/mol. The first-order valence-corrected chi connectivity index (χ1v) is 6.16. The molecule has 0 radical (unpaired) electrons. The Labute approximate surface area is 103 Å². The van der Waals surface area contributed by atoms with E-state index in [9.17, 15) is 0 Å². The van der Waals surface area contributed by atoms with Crippen molar-refractivity contribution in [1.82, 2.24) is 9.88 Å². The van der Waals surface area contributed by atoms with Crippen LogP contribution in [0.4, 0.5) is 0 Å². The first-order chi connectivity index (χ1) is 8.15. The number of nitrogens with two attached hydrogens (primary N) is 1. The van der Waals surface area contributed by atoms with Gasteiger partial charge in [0, 0.05) is 37.6 Å². The average Bonchev–Trinajstić information content (AvgIpc) is 2.32. The molecule has 1 aliphatic heterocycles. The molecule has 2 rings (SSSR count). The van der Waals surface area contributed by atoms with Crippen molar-refractivity contribution in [2.45, 2.75) is 32.5 Å². The van der Waals surface area contributed by atoms with Crippen LogP contribution in [0.2, 0.25) is 0 Å². The van der Waals surface area contributed by atoms with E-state index in [0.29, 0.717) is 0 Å². The number of morpholine rings is 1. The summed E-state index contributed by atoms with van der Waals surface area (Å²) in [7, 11) is 0. The lowest BCUT2D eigenvalue weighted by Gasteiger charge is -2.34. The van der Waals surface area contributed by atoms with Crippen molar-refractivity contribution >= 4 is 0 Å². The van der Waals surface area contributed by atoms with Crippen molar-refractivity contribution in [2.24, 2.45) is 5.73 Å². The Kier molecular flexibility index (Phi) is 4.10. The van der Waals surface area contributed by atoms with Gasteiger partial charge in [0.05, 0.1) is 12.7 Å². The number of aromatic nitrogens is 1. The maximum Gasteiger partial charge on any atom is 0.0850 e. The Morgan fingerprint density at radius 2 is 2.41 bits per heavy atom. The van der Waals surface area contributed by atoms with Crippen LogP contribution in [-0.4, -0.2) is 41.7 Å². The van der Waals surface area contributed by atoms with E-state index in [4.69, 9.17) is 10.5 Å². The van der Waals surface area contributed by atoms with Crippen molar-refractivity contribution in [3.05, 3.63) is 29.6 Å². The second kappa shape index (κ2) is 5.58. The van der Waals surface area contributed by atoms with Gasteiger partial charge in [-0.25, -0.2) is 0 Å². The topological polar surface area (TPSA) is 51.4 Å². The van der Waals surface area contributed by atoms with Gasteiger partial charge in [-0.15, -0.1) is 0 Å². The fourth-order valence-electron chi connectivity index (χ4n) is 2.04. The van der Waals surface area contributed by atoms with Gasteiger partial charge in [-0.2, -0.15) is 0 Å². The van der Waals surface area contributed by atoms with Gasteiger partial charge in [-0.3, -0.25) is 9.88 Å². The molecule has 0 aliphatic carbocycles. The zero-order valence-electron chi connectivity index (χ0n) is 10.6. The lowest BCUT2D eigenvalue weighted by molar-refractivity contribution is -0.0403. The summed E-state index contributed by atoms with van der Waals surface area (Å²) < 4.78 is 5.64. The molecular formula is C13H21N3O. The minimum absolute atomic E-state index is 0.0916. The van der Waals surface area contributed by atoms with E-state index in [-0.39, 0.29) is 12.1 Å². The molecule has 1 aromatic rings. The molecule has 0 saturated carbocycles. The number of hydrogen-bond acceptors (Lipinski definition) is 4. The van der Waals surface area contributed by atoms with Crippen LogP contribution in [0.5, 0.6) is 0 Å². The molecule has 2 heterocycles. The molecule has 0 amide bonds. The third-order valence-electron chi connectivity index (χ3n) is 3.14. The van der Waals surface area contributed by atoms with E-state index in [0.717, 1.165) is 31.9 Å². The predicted octanol–water partition coefficient (Wildman–Crippen LogP) is 0.938. The largest absolute Gasteiger partial charge is 0.374 e. The second-order valence-electron chi connectivity index (χ2n) is 4.81. The van der Waals surface area contributed by atoms with Crippen molar-refractivity contribution in [3.8, 4) is 0 Å². The molecule has 0 aromatic carbocycles. The SMILES string of the molecule is Cc1ccc(CN2CCOC(C(C)N)C2)cn1. The smallest absolute Gasteiger partial charge is 0.0850 e. The van der Waals surface area contributed by atoms with E-state index in [1.54, 1.807) is 0 Å². The van der Waals surface area contributed by atoms with Crippen LogP contribution in [-0.2, 0) is 11.3 Å². The Bertz CT molecular complexity index is 350. The first-order valence-electron chi connectivity index (χ1n) is 6.16. The minimum Gasteiger partial charge on any atom is -0.374 e. The lowest BCUT2D eigenvalue weighted by Crippen LogP contribution is -2.49. The van der Waals surface area contributed by atoms with Gasteiger partial charge in [0.15, 0.2) is 0 Å². The molecule has 0 bridgehead atoms. The average molecular weight is 235 g/mol. The Balaban J connectivity index is 1.92. The van der Waals surface area contributed by atoms with Crippen molar-refractivity contribution in [2.75, 3.05) is 19.7 Å². The Morgan fingerprint density at radius 1 is 1.59 bits per heavy atom. The van der Waals surface area contributed by atoms with Crippen LogP contribution in [0.1, 0.15) is 18.2 Å². The quantitative estimate of drug-likeness (QED) is 0.847. The maximum absolute atomic E-state index is 5.88. The summed E-state index contributed by atoms with van der Waals surface area (Å²) in [4.78, 5) is 6.69. The van der Waals surface area contributed by atoms with Gasteiger partial charge in [0.25, 0.3) is 0 Å². The molecule has 4 nitrogen and oxygen atoms in total. The normalized spacial score (nSPS) is 23.6. The zero-order valence-corrected chi connectivity index (χ0v) is 10.6. The third-order valence-corrected chi connectivity index (χ3v) is 3.14. The van der Waals surface area contributed by atoms with Crippen LogP contribution in [0.3, 0.4) is 0 Å². The summed E-state index contributed by atoms with van der Waals surface area (Å²) in [6, 6.07) is 4.28. The van der Waals surface area contributed by atoms with Crippen LogP contribution >= 0.6 is 0 Å². The first kappa shape index (κ1) is 12.5. The highest BCUT2D eigenvalue weighted by Gasteiger charge is 2.23. The van der Waals surface area contributed by atoms with Gasteiger partial charge in [0.2, 0.25) is 0 Å². The second-order valence-corrected chi connectivity index (χ2v) is 4.81. The van der Waals surface area contributed by atoms with Crippen LogP contribution in [0.15, 0.2) is 18.3 Å². The minimum atomic E-state index is 0.0916. The van der Waals surface area contributed by atoms with Crippen molar-refractivity contribution < 1.29 is 4.74 Å². The van der Waals surface area contributed by atoms with Gasteiger partial charge >= 0.3 is 0 Å². The third kappa shape index (κ3) is 3.49. The highest BCUT2D eigenvalue weighted by molar-refractivity contribution is 5.13. The molecular weight excluding hydrogens is 214 g/mol. The van der Waals surface area contributed by atoms with E-state index in [2.05, 4.69) is 22.0 Å². The van der Waals surface area contributed by atoms with Crippen molar-refractivity contribution in [3.63, 3.8) is 0 Å². The molecule has 1 aliphatic rings. The molecule has 2 atom stereocenters. The lowest BCUT2D eigenvalue weighted by atomic mass is 10.1. The molecule has 4 heteroatoms. The number of hydrogen-bond donors (Lipinski definition) is 1. The maximum atomic E-state index is 5.88. The molecule has 2 N–H and O–H groups in total. The van der Waals surface area contributed by atoms with E-state index >= 15 is 0 Å². The molecule has 1 fully saturated rings. The molecule has 1 saturated heterocycles. The molecule has 94 valence electrons. The standard InChI is InChI=1S/C13H21N3O/c1-10-3-4-12(7-15-10)8-16-5-6-17-13(9-16)11(2)14/h3-4,7,11,13H,5-6,8-9,14H2,1-2H3. The van der Waals surface area contributed by atoms with E-state index in [1.807, 2.05) is 20.0 Å². The highest BCUT2D eigenvalue weighted by atomic mass is 16.5. The summed E-state index contributed by atoms with van der Waals surface area (Å²) in [5.74, 6) is 0. The van der Waals surface area contributed by atoms with Gasteiger partial charge in [-0.1, -0.05) is 6.07 Å². The number of nitrogens with zero attached hydrogens (tertiary/aromatic N) is 2. The van der Waals surface area contributed by atoms with E-state index in [1.165, 1.54) is 5.56 Å².